The lowest BCUT2D eigenvalue weighted by Gasteiger charge is -2.36. The van der Waals surface area contributed by atoms with Crippen LogP contribution >= 0.6 is 0 Å². The van der Waals surface area contributed by atoms with Gasteiger partial charge in [0.15, 0.2) is 0 Å². The van der Waals surface area contributed by atoms with Crippen LogP contribution in [0.4, 0.5) is 0 Å². The van der Waals surface area contributed by atoms with E-state index in [2.05, 4.69) is 19.2 Å². The standard InChI is InChI=1S/C15H27NO2/c1-11-6-7-13(10-12(11)2)18-14(17)15(3)8-4-5-9-16-15/h11-13,16H,4-10H2,1-3H3. The summed E-state index contributed by atoms with van der Waals surface area (Å²) in [7, 11) is 0. The van der Waals surface area contributed by atoms with Crippen molar-refractivity contribution in [1.29, 1.82) is 0 Å². The molecule has 0 spiro atoms. The smallest absolute Gasteiger partial charge is 0.326 e. The van der Waals surface area contributed by atoms with Crippen molar-refractivity contribution < 1.29 is 9.53 Å². The van der Waals surface area contributed by atoms with E-state index < -0.39 is 5.54 Å². The first-order valence-corrected chi connectivity index (χ1v) is 7.47. The van der Waals surface area contributed by atoms with Gasteiger partial charge in [-0.05, 0) is 63.8 Å². The number of hydrogen-bond donors (Lipinski definition) is 1. The fourth-order valence-electron chi connectivity index (χ4n) is 3.12. The molecule has 1 N–H and O–H groups in total. The van der Waals surface area contributed by atoms with E-state index in [1.807, 2.05) is 6.92 Å². The van der Waals surface area contributed by atoms with Crippen molar-refractivity contribution in [3.8, 4) is 0 Å². The van der Waals surface area contributed by atoms with Crippen molar-refractivity contribution in [3.63, 3.8) is 0 Å². The van der Waals surface area contributed by atoms with E-state index in [1.54, 1.807) is 0 Å². The second kappa shape index (κ2) is 5.60. The average Bonchev–Trinajstić information content (AvgIpc) is 2.35. The zero-order valence-corrected chi connectivity index (χ0v) is 12.0. The molecule has 0 bridgehead atoms. The molecule has 2 rings (SSSR count). The molecule has 3 heteroatoms. The van der Waals surface area contributed by atoms with Crippen LogP contribution in [0.15, 0.2) is 0 Å². The number of esters is 1. The molecule has 1 heterocycles. The predicted molar refractivity (Wildman–Crippen MR) is 72.3 cm³/mol. The molecule has 1 aliphatic carbocycles. The molecule has 1 saturated carbocycles. The molecule has 104 valence electrons. The monoisotopic (exact) mass is 253 g/mol. The summed E-state index contributed by atoms with van der Waals surface area (Å²) in [5, 5.41) is 3.33. The molecule has 0 radical (unpaired) electrons. The first kappa shape index (κ1) is 13.9. The fraction of sp³-hybridized carbons (Fsp3) is 0.933. The van der Waals surface area contributed by atoms with Gasteiger partial charge < -0.3 is 10.1 Å². The van der Waals surface area contributed by atoms with Crippen molar-refractivity contribution in [2.45, 2.75) is 70.9 Å². The molecule has 4 unspecified atom stereocenters. The number of hydrogen-bond acceptors (Lipinski definition) is 3. The van der Waals surface area contributed by atoms with Gasteiger partial charge in [-0.3, -0.25) is 4.79 Å². The van der Waals surface area contributed by atoms with E-state index >= 15 is 0 Å². The van der Waals surface area contributed by atoms with E-state index in [1.165, 1.54) is 12.8 Å². The highest BCUT2D eigenvalue weighted by Gasteiger charge is 2.38. The third-order valence-electron chi connectivity index (χ3n) is 4.89. The van der Waals surface area contributed by atoms with Crippen LogP contribution in [0.25, 0.3) is 0 Å². The molecule has 2 aliphatic rings. The van der Waals surface area contributed by atoms with Crippen molar-refractivity contribution in [2.75, 3.05) is 6.54 Å². The summed E-state index contributed by atoms with van der Waals surface area (Å²) < 4.78 is 5.75. The third kappa shape index (κ3) is 3.05. The molecule has 0 amide bonds. The summed E-state index contributed by atoms with van der Waals surface area (Å²) in [6, 6.07) is 0. The number of carbonyl (C=O) groups is 1. The van der Waals surface area contributed by atoms with E-state index in [-0.39, 0.29) is 12.1 Å². The fourth-order valence-corrected chi connectivity index (χ4v) is 3.12. The first-order valence-electron chi connectivity index (χ1n) is 7.47. The number of rotatable bonds is 2. The van der Waals surface area contributed by atoms with Crippen LogP contribution < -0.4 is 5.32 Å². The predicted octanol–water partition coefficient (Wildman–Crippen LogP) is 2.89. The quantitative estimate of drug-likeness (QED) is 0.769. The topological polar surface area (TPSA) is 38.3 Å². The minimum Gasteiger partial charge on any atom is -0.461 e. The van der Waals surface area contributed by atoms with Crippen LogP contribution in [-0.2, 0) is 9.53 Å². The van der Waals surface area contributed by atoms with Gasteiger partial charge in [-0.1, -0.05) is 13.8 Å². The minimum absolute atomic E-state index is 0.0334. The second-order valence-corrected chi connectivity index (χ2v) is 6.51. The van der Waals surface area contributed by atoms with Crippen molar-refractivity contribution in [2.24, 2.45) is 11.8 Å². The Bertz CT molecular complexity index is 297. The number of carbonyl (C=O) groups excluding carboxylic acids is 1. The molecule has 0 aromatic heterocycles. The first-order chi connectivity index (χ1) is 8.51. The molecule has 2 fully saturated rings. The molecule has 3 nitrogen and oxygen atoms in total. The van der Waals surface area contributed by atoms with Gasteiger partial charge >= 0.3 is 5.97 Å². The maximum absolute atomic E-state index is 12.3. The summed E-state index contributed by atoms with van der Waals surface area (Å²) in [6.07, 6.45) is 6.59. The largest absolute Gasteiger partial charge is 0.461 e. The van der Waals surface area contributed by atoms with Crippen molar-refractivity contribution in [3.05, 3.63) is 0 Å². The van der Waals surface area contributed by atoms with Gasteiger partial charge in [-0.15, -0.1) is 0 Å². The Hall–Kier alpha value is -0.570. The van der Waals surface area contributed by atoms with Crippen LogP contribution in [-0.4, -0.2) is 24.2 Å². The number of nitrogens with one attached hydrogen (secondary N) is 1. The second-order valence-electron chi connectivity index (χ2n) is 6.51. The highest BCUT2D eigenvalue weighted by atomic mass is 16.5. The lowest BCUT2D eigenvalue weighted by molar-refractivity contribution is -0.160. The minimum atomic E-state index is -0.440. The van der Waals surface area contributed by atoms with Gasteiger partial charge in [0.2, 0.25) is 0 Å². The van der Waals surface area contributed by atoms with E-state index in [0.29, 0.717) is 5.92 Å². The normalized spacial score (nSPS) is 41.4. The maximum atomic E-state index is 12.3. The summed E-state index contributed by atoms with van der Waals surface area (Å²) >= 11 is 0. The van der Waals surface area contributed by atoms with Gasteiger partial charge in [0.1, 0.15) is 11.6 Å². The highest BCUT2D eigenvalue weighted by Crippen LogP contribution is 2.32. The number of ether oxygens (including phenoxy) is 1. The Morgan fingerprint density at radius 1 is 1.22 bits per heavy atom. The van der Waals surface area contributed by atoms with Crippen LogP contribution in [0, 0.1) is 11.8 Å². The van der Waals surface area contributed by atoms with Gasteiger partial charge in [0, 0.05) is 0 Å². The van der Waals surface area contributed by atoms with Gasteiger partial charge in [-0.2, -0.15) is 0 Å². The zero-order chi connectivity index (χ0) is 13.2. The number of piperidine rings is 1. The Balaban J connectivity index is 1.87. The molecule has 18 heavy (non-hydrogen) atoms. The third-order valence-corrected chi connectivity index (χ3v) is 4.89. The average molecular weight is 253 g/mol. The summed E-state index contributed by atoms with van der Waals surface area (Å²) in [5.74, 6) is 1.40. The van der Waals surface area contributed by atoms with Crippen molar-refractivity contribution in [1.82, 2.24) is 5.32 Å². The van der Waals surface area contributed by atoms with Gasteiger partial charge in [0.05, 0.1) is 0 Å². The molecule has 0 aromatic carbocycles. The molecular weight excluding hydrogens is 226 g/mol. The molecule has 1 aliphatic heterocycles. The Kier molecular flexibility index (Phi) is 4.31. The van der Waals surface area contributed by atoms with Crippen LogP contribution in [0.3, 0.4) is 0 Å². The van der Waals surface area contributed by atoms with Crippen LogP contribution in [0.2, 0.25) is 0 Å². The molecular formula is C15H27NO2. The van der Waals surface area contributed by atoms with Crippen LogP contribution in [0.1, 0.15) is 59.3 Å². The van der Waals surface area contributed by atoms with Crippen LogP contribution in [0.5, 0.6) is 0 Å². The Labute approximate surface area is 111 Å². The SMILES string of the molecule is CC1CCC(OC(=O)C2(C)CCCCN2)CC1C. The van der Waals surface area contributed by atoms with E-state index in [4.69, 9.17) is 4.74 Å². The summed E-state index contributed by atoms with van der Waals surface area (Å²) in [4.78, 5) is 12.3. The highest BCUT2D eigenvalue weighted by molar-refractivity contribution is 5.80. The lowest BCUT2D eigenvalue weighted by atomic mass is 9.80. The van der Waals surface area contributed by atoms with Gasteiger partial charge in [0.25, 0.3) is 0 Å². The zero-order valence-electron chi connectivity index (χ0n) is 12.0. The molecule has 4 atom stereocenters. The van der Waals surface area contributed by atoms with Gasteiger partial charge in [-0.25, -0.2) is 0 Å². The summed E-state index contributed by atoms with van der Waals surface area (Å²) in [5.41, 5.74) is -0.440. The Morgan fingerprint density at radius 3 is 2.61 bits per heavy atom. The van der Waals surface area contributed by atoms with Crippen molar-refractivity contribution >= 4 is 5.97 Å². The van der Waals surface area contributed by atoms with E-state index in [0.717, 1.165) is 38.1 Å². The Morgan fingerprint density at radius 2 is 2.00 bits per heavy atom. The van der Waals surface area contributed by atoms with E-state index in [9.17, 15) is 4.79 Å². The maximum Gasteiger partial charge on any atom is 0.326 e. The lowest BCUT2D eigenvalue weighted by Crippen LogP contribution is -2.54. The molecule has 0 aromatic rings. The summed E-state index contributed by atoms with van der Waals surface area (Å²) in [6.45, 7) is 7.49. The molecule has 1 saturated heterocycles.